The Hall–Kier alpha value is -3.85. The van der Waals surface area contributed by atoms with Gasteiger partial charge in [0.2, 0.25) is 5.13 Å². The van der Waals surface area contributed by atoms with Gasteiger partial charge < -0.3 is 5.11 Å². The number of nitrogens with zero attached hydrogens (tertiary/aromatic N) is 4. The Morgan fingerprint density at radius 1 is 1.10 bits per heavy atom. The molecule has 4 rings (SSSR count). The van der Waals surface area contributed by atoms with E-state index in [1.807, 2.05) is 36.6 Å². The number of azo groups is 1. The van der Waals surface area contributed by atoms with Crippen LogP contribution < -0.4 is 5.56 Å². The van der Waals surface area contributed by atoms with Crippen LogP contribution in [0.4, 0.5) is 11.4 Å². The molecule has 2 aromatic carbocycles. The highest BCUT2D eigenvalue weighted by molar-refractivity contribution is 7.12. The van der Waals surface area contributed by atoms with Gasteiger partial charge in [-0.1, -0.05) is 42.0 Å². The minimum Gasteiger partial charge on any atom is -0.478 e. The van der Waals surface area contributed by atoms with Gasteiger partial charge in [-0.25, -0.2) is 9.78 Å². The molecular formula is C21H17N5O3S. The smallest absolute Gasteiger partial charge is 0.337 e. The van der Waals surface area contributed by atoms with Gasteiger partial charge in [0.15, 0.2) is 5.69 Å². The number of nitrogens with one attached hydrogen (secondary N) is 1. The van der Waals surface area contributed by atoms with E-state index in [4.69, 9.17) is 0 Å². The zero-order valence-electron chi connectivity index (χ0n) is 16.2. The molecule has 30 heavy (non-hydrogen) atoms. The number of H-pyrrole nitrogens is 1. The number of rotatable bonds is 5. The number of aryl methyl sites for hydroxylation is 2. The van der Waals surface area contributed by atoms with Crippen molar-refractivity contribution in [1.82, 2.24) is 14.8 Å². The number of carbonyl (C=O) groups is 1. The Morgan fingerprint density at radius 3 is 2.57 bits per heavy atom. The number of benzene rings is 2. The maximum absolute atomic E-state index is 12.8. The first-order valence-electron chi connectivity index (χ1n) is 9.02. The number of hydrogen-bond donors (Lipinski definition) is 2. The lowest BCUT2D eigenvalue weighted by Crippen LogP contribution is -2.13. The molecule has 4 aromatic rings. The van der Waals surface area contributed by atoms with Gasteiger partial charge in [0.25, 0.3) is 0 Å². The van der Waals surface area contributed by atoms with Crippen LogP contribution in [0.2, 0.25) is 0 Å². The van der Waals surface area contributed by atoms with Crippen molar-refractivity contribution >= 4 is 28.7 Å². The third-order valence-corrected chi connectivity index (χ3v) is 5.29. The number of aromatic nitrogens is 3. The fraction of sp³-hybridized carbons (Fsp3) is 0.0952. The van der Waals surface area contributed by atoms with Crippen LogP contribution in [0, 0.1) is 13.8 Å². The molecule has 0 spiro atoms. The molecule has 0 unspecified atom stereocenters. The van der Waals surface area contributed by atoms with Crippen LogP contribution in [0.15, 0.2) is 68.9 Å². The Balaban J connectivity index is 1.68. The predicted octanol–water partition coefficient (Wildman–Crippen LogP) is 5.02. The summed E-state index contributed by atoms with van der Waals surface area (Å²) in [5.41, 5.74) is 3.27. The average Bonchev–Trinajstić information content (AvgIpc) is 3.32. The molecule has 150 valence electrons. The summed E-state index contributed by atoms with van der Waals surface area (Å²) in [6.45, 7) is 3.71. The second-order valence-electron chi connectivity index (χ2n) is 6.63. The molecule has 0 radical (unpaired) electrons. The molecule has 9 heteroatoms. The minimum absolute atomic E-state index is 0.0115. The van der Waals surface area contributed by atoms with Gasteiger partial charge in [0.1, 0.15) is 5.69 Å². The van der Waals surface area contributed by atoms with Crippen LogP contribution >= 0.6 is 11.3 Å². The van der Waals surface area contributed by atoms with E-state index >= 15 is 0 Å². The molecule has 2 N–H and O–H groups in total. The predicted molar refractivity (Wildman–Crippen MR) is 115 cm³/mol. The normalized spacial score (nSPS) is 11.3. The summed E-state index contributed by atoms with van der Waals surface area (Å²) in [5.74, 6) is -1.11. The monoisotopic (exact) mass is 419 g/mol. The zero-order valence-corrected chi connectivity index (χ0v) is 17.0. The summed E-state index contributed by atoms with van der Waals surface area (Å²) in [5, 5.41) is 22.6. The molecule has 0 bridgehead atoms. The number of aromatic amines is 1. The van der Waals surface area contributed by atoms with Gasteiger partial charge in [-0.15, -0.1) is 21.6 Å². The molecule has 0 saturated carbocycles. The first kappa shape index (κ1) is 19.5. The van der Waals surface area contributed by atoms with Crippen LogP contribution in [0.5, 0.6) is 0 Å². The first-order chi connectivity index (χ1) is 14.4. The highest BCUT2D eigenvalue weighted by Crippen LogP contribution is 2.26. The number of aromatic carboxylic acids is 1. The van der Waals surface area contributed by atoms with E-state index in [1.165, 1.54) is 28.2 Å². The quantitative estimate of drug-likeness (QED) is 0.442. The molecule has 2 heterocycles. The summed E-state index contributed by atoms with van der Waals surface area (Å²) in [6.07, 6.45) is 0. The summed E-state index contributed by atoms with van der Waals surface area (Å²) in [4.78, 5) is 28.7. The molecule has 2 aromatic heterocycles. The molecule has 0 aliphatic rings. The van der Waals surface area contributed by atoms with Gasteiger partial charge in [0.05, 0.1) is 17.0 Å². The van der Waals surface area contributed by atoms with Crippen LogP contribution in [0.1, 0.15) is 21.6 Å². The van der Waals surface area contributed by atoms with Crippen molar-refractivity contribution in [3.63, 3.8) is 0 Å². The summed E-state index contributed by atoms with van der Waals surface area (Å²) < 4.78 is 1.31. The number of carboxylic acid groups (broad SMARTS) is 1. The van der Waals surface area contributed by atoms with Gasteiger partial charge in [0, 0.05) is 10.9 Å². The maximum atomic E-state index is 12.8. The molecule has 0 saturated heterocycles. The minimum atomic E-state index is -1.11. The molecule has 8 nitrogen and oxygen atoms in total. The van der Waals surface area contributed by atoms with E-state index in [1.54, 1.807) is 19.1 Å². The molecular weight excluding hydrogens is 402 g/mol. The Labute approximate surface area is 175 Å². The summed E-state index contributed by atoms with van der Waals surface area (Å²) >= 11 is 1.33. The molecule has 0 amide bonds. The second kappa shape index (κ2) is 7.88. The highest BCUT2D eigenvalue weighted by Gasteiger charge is 2.16. The second-order valence-corrected chi connectivity index (χ2v) is 7.47. The highest BCUT2D eigenvalue weighted by atomic mass is 32.1. The van der Waals surface area contributed by atoms with Gasteiger partial charge in [-0.05, 0) is 26.0 Å². The van der Waals surface area contributed by atoms with Crippen molar-refractivity contribution in [3.8, 4) is 16.4 Å². The van der Waals surface area contributed by atoms with E-state index in [-0.39, 0.29) is 16.9 Å². The SMILES string of the molecule is Cc1ccc(-c2csc(-n3[nH]c(C)c(N=Nc4ccccc4C(=O)O)c3=O)n2)cc1. The van der Waals surface area contributed by atoms with E-state index in [0.717, 1.165) is 16.8 Å². The Morgan fingerprint density at radius 2 is 1.83 bits per heavy atom. The summed E-state index contributed by atoms with van der Waals surface area (Å²) in [6, 6.07) is 14.2. The standard InChI is InChI=1S/C21H17N5O3S/c1-12-7-9-14(10-8-12)17-11-30-21(22-17)26-19(27)18(13(2)25-26)24-23-16-6-4-3-5-15(16)20(28)29/h3-11,25H,1-2H3,(H,28,29). The molecule has 0 aliphatic carbocycles. The van der Waals surface area contributed by atoms with Crippen LogP contribution in [0.25, 0.3) is 16.4 Å². The van der Waals surface area contributed by atoms with Gasteiger partial charge >= 0.3 is 11.5 Å². The molecule has 0 fully saturated rings. The third kappa shape index (κ3) is 3.70. The number of carboxylic acids is 1. The maximum Gasteiger partial charge on any atom is 0.337 e. The molecule has 0 aliphatic heterocycles. The number of thiazole rings is 1. The Bertz CT molecular complexity index is 1320. The fourth-order valence-corrected chi connectivity index (χ4v) is 3.65. The van der Waals surface area contributed by atoms with E-state index in [0.29, 0.717) is 10.8 Å². The van der Waals surface area contributed by atoms with E-state index in [2.05, 4.69) is 20.3 Å². The third-order valence-electron chi connectivity index (χ3n) is 4.46. The van der Waals surface area contributed by atoms with Crippen molar-refractivity contribution in [2.45, 2.75) is 13.8 Å². The lowest BCUT2D eigenvalue weighted by molar-refractivity contribution is 0.0697. The lowest BCUT2D eigenvalue weighted by Gasteiger charge is -1.97. The van der Waals surface area contributed by atoms with Gasteiger partial charge in [-0.3, -0.25) is 9.89 Å². The van der Waals surface area contributed by atoms with E-state index < -0.39 is 11.5 Å². The van der Waals surface area contributed by atoms with E-state index in [9.17, 15) is 14.7 Å². The number of hydrogen-bond acceptors (Lipinski definition) is 6. The largest absolute Gasteiger partial charge is 0.478 e. The van der Waals surface area contributed by atoms with Crippen molar-refractivity contribution < 1.29 is 9.90 Å². The average molecular weight is 419 g/mol. The summed E-state index contributed by atoms with van der Waals surface area (Å²) in [7, 11) is 0. The van der Waals surface area contributed by atoms with Crippen LogP contribution in [-0.2, 0) is 0 Å². The zero-order chi connectivity index (χ0) is 21.3. The van der Waals surface area contributed by atoms with Crippen molar-refractivity contribution in [2.75, 3.05) is 0 Å². The Kier molecular flexibility index (Phi) is 5.11. The van der Waals surface area contributed by atoms with Crippen LogP contribution in [0.3, 0.4) is 0 Å². The first-order valence-corrected chi connectivity index (χ1v) is 9.90. The molecule has 0 atom stereocenters. The topological polar surface area (TPSA) is 113 Å². The van der Waals surface area contributed by atoms with Gasteiger partial charge in [-0.2, -0.15) is 4.68 Å². The van der Waals surface area contributed by atoms with Crippen molar-refractivity contribution in [3.05, 3.63) is 81.1 Å². The van der Waals surface area contributed by atoms with Crippen LogP contribution in [-0.4, -0.2) is 25.8 Å². The fourth-order valence-electron chi connectivity index (χ4n) is 2.86. The lowest BCUT2D eigenvalue weighted by atomic mass is 10.1. The van der Waals surface area contributed by atoms with Crippen molar-refractivity contribution in [2.24, 2.45) is 10.2 Å². The van der Waals surface area contributed by atoms with Crippen molar-refractivity contribution in [1.29, 1.82) is 0 Å².